The predicted octanol–water partition coefficient (Wildman–Crippen LogP) is 4.71. The van der Waals surface area contributed by atoms with Crippen LogP contribution in [0.1, 0.15) is 26.5 Å². The van der Waals surface area contributed by atoms with Gasteiger partial charge in [-0.25, -0.2) is 0 Å². The van der Waals surface area contributed by atoms with Crippen molar-refractivity contribution in [2.75, 3.05) is 29.9 Å². The third-order valence-corrected chi connectivity index (χ3v) is 6.96. The van der Waals surface area contributed by atoms with Crippen LogP contribution in [-0.2, 0) is 13.1 Å². The zero-order chi connectivity index (χ0) is 19.3. The Bertz CT molecular complexity index is 927. The molecule has 0 saturated carbocycles. The number of rotatable bonds is 6. The van der Waals surface area contributed by atoms with Crippen molar-refractivity contribution in [1.29, 1.82) is 0 Å². The van der Waals surface area contributed by atoms with Gasteiger partial charge in [0.2, 0.25) is 0 Å². The molecule has 3 aromatic rings. The predicted molar refractivity (Wildman–Crippen MR) is 120 cm³/mol. The molecule has 4 nitrogen and oxygen atoms in total. The summed E-state index contributed by atoms with van der Waals surface area (Å²) in [7, 11) is 0. The molecule has 1 aliphatic heterocycles. The van der Waals surface area contributed by atoms with E-state index in [0.717, 1.165) is 37.4 Å². The van der Waals surface area contributed by atoms with Crippen LogP contribution in [0.5, 0.6) is 0 Å². The molecule has 2 aromatic heterocycles. The van der Waals surface area contributed by atoms with Gasteiger partial charge in [-0.15, -0.1) is 11.3 Å². The summed E-state index contributed by atoms with van der Waals surface area (Å²) in [4.78, 5) is 16.7. The maximum Gasteiger partial charge on any atom is 0.272 e. The SMILES string of the molecule is Cc1c(CN2CCSCC2)cccc1NC(=O)c1cccn1Cc1cccs1. The van der Waals surface area contributed by atoms with Crippen molar-refractivity contribution in [3.8, 4) is 0 Å². The molecule has 0 unspecified atom stereocenters. The summed E-state index contributed by atoms with van der Waals surface area (Å²) in [5.41, 5.74) is 4.04. The van der Waals surface area contributed by atoms with Crippen LogP contribution in [0.4, 0.5) is 5.69 Å². The van der Waals surface area contributed by atoms with Gasteiger partial charge in [0.1, 0.15) is 5.69 Å². The maximum atomic E-state index is 12.9. The first-order chi connectivity index (χ1) is 13.7. The molecule has 1 N–H and O–H groups in total. The Hall–Kier alpha value is -2.02. The molecule has 1 aliphatic rings. The zero-order valence-corrected chi connectivity index (χ0v) is 17.7. The van der Waals surface area contributed by atoms with Gasteiger partial charge in [0, 0.05) is 47.9 Å². The average molecular weight is 412 g/mol. The molecule has 28 heavy (non-hydrogen) atoms. The lowest BCUT2D eigenvalue weighted by Gasteiger charge is -2.27. The summed E-state index contributed by atoms with van der Waals surface area (Å²) in [6.07, 6.45) is 1.96. The van der Waals surface area contributed by atoms with E-state index in [-0.39, 0.29) is 5.91 Å². The molecule has 0 radical (unpaired) electrons. The summed E-state index contributed by atoms with van der Waals surface area (Å²) in [6.45, 7) is 6.05. The van der Waals surface area contributed by atoms with E-state index in [2.05, 4.69) is 34.7 Å². The Kier molecular flexibility index (Phi) is 6.20. The highest BCUT2D eigenvalue weighted by molar-refractivity contribution is 7.99. The Labute approximate surface area is 174 Å². The molecule has 0 spiro atoms. The topological polar surface area (TPSA) is 37.3 Å². The van der Waals surface area contributed by atoms with E-state index in [1.54, 1.807) is 11.3 Å². The number of amides is 1. The third kappa shape index (κ3) is 4.51. The van der Waals surface area contributed by atoms with E-state index in [9.17, 15) is 4.79 Å². The van der Waals surface area contributed by atoms with Gasteiger partial charge in [0.25, 0.3) is 5.91 Å². The second-order valence-corrected chi connectivity index (χ2v) is 9.29. The number of carbonyl (C=O) groups is 1. The number of thioether (sulfide) groups is 1. The van der Waals surface area contributed by atoms with Crippen LogP contribution in [0.3, 0.4) is 0 Å². The monoisotopic (exact) mass is 411 g/mol. The number of benzene rings is 1. The summed E-state index contributed by atoms with van der Waals surface area (Å²) in [5.74, 6) is 2.35. The van der Waals surface area contributed by atoms with Crippen LogP contribution in [0, 0.1) is 6.92 Å². The summed E-state index contributed by atoms with van der Waals surface area (Å²) in [6, 6.07) is 14.2. The molecule has 3 heterocycles. The van der Waals surface area contributed by atoms with Gasteiger partial charge >= 0.3 is 0 Å². The lowest BCUT2D eigenvalue weighted by atomic mass is 10.1. The van der Waals surface area contributed by atoms with Gasteiger partial charge in [-0.05, 0) is 47.7 Å². The molecule has 1 fully saturated rings. The molecular weight excluding hydrogens is 386 g/mol. The van der Waals surface area contributed by atoms with Gasteiger partial charge in [-0.1, -0.05) is 18.2 Å². The smallest absolute Gasteiger partial charge is 0.272 e. The molecule has 1 saturated heterocycles. The minimum absolute atomic E-state index is 0.0591. The number of hydrogen-bond donors (Lipinski definition) is 1. The number of nitrogens with zero attached hydrogens (tertiary/aromatic N) is 2. The average Bonchev–Trinajstić information content (AvgIpc) is 3.38. The first-order valence-corrected chi connectivity index (χ1v) is 11.6. The molecule has 146 valence electrons. The fourth-order valence-corrected chi connectivity index (χ4v) is 5.19. The normalized spacial score (nSPS) is 14.9. The van der Waals surface area contributed by atoms with E-state index in [1.165, 1.54) is 21.9 Å². The van der Waals surface area contributed by atoms with Crippen molar-refractivity contribution in [3.63, 3.8) is 0 Å². The van der Waals surface area contributed by atoms with Crippen molar-refractivity contribution in [1.82, 2.24) is 9.47 Å². The van der Waals surface area contributed by atoms with E-state index < -0.39 is 0 Å². The Morgan fingerprint density at radius 2 is 1.93 bits per heavy atom. The molecule has 0 atom stereocenters. The summed E-state index contributed by atoms with van der Waals surface area (Å²) in [5, 5.41) is 5.20. The van der Waals surface area contributed by atoms with Gasteiger partial charge < -0.3 is 9.88 Å². The fraction of sp³-hybridized carbons (Fsp3) is 0.318. The Balaban J connectivity index is 1.48. The summed E-state index contributed by atoms with van der Waals surface area (Å²) < 4.78 is 2.01. The minimum atomic E-state index is -0.0591. The second kappa shape index (κ2) is 8.99. The molecule has 1 aromatic carbocycles. The second-order valence-electron chi connectivity index (χ2n) is 7.03. The Morgan fingerprint density at radius 3 is 2.71 bits per heavy atom. The highest BCUT2D eigenvalue weighted by Gasteiger charge is 2.16. The number of nitrogens with one attached hydrogen (secondary N) is 1. The van der Waals surface area contributed by atoms with Crippen molar-refractivity contribution < 1.29 is 4.79 Å². The highest BCUT2D eigenvalue weighted by atomic mass is 32.2. The number of hydrogen-bond acceptors (Lipinski definition) is 4. The van der Waals surface area contributed by atoms with Crippen LogP contribution in [0.25, 0.3) is 0 Å². The van der Waals surface area contributed by atoms with E-state index in [0.29, 0.717) is 5.69 Å². The number of anilines is 1. The van der Waals surface area contributed by atoms with Crippen molar-refractivity contribution in [2.24, 2.45) is 0 Å². The molecular formula is C22H25N3OS2. The van der Waals surface area contributed by atoms with Crippen LogP contribution in [0.2, 0.25) is 0 Å². The third-order valence-electron chi connectivity index (χ3n) is 5.16. The minimum Gasteiger partial charge on any atom is -0.338 e. The van der Waals surface area contributed by atoms with Crippen LogP contribution in [0.15, 0.2) is 54.0 Å². The van der Waals surface area contributed by atoms with E-state index in [4.69, 9.17) is 0 Å². The zero-order valence-electron chi connectivity index (χ0n) is 16.1. The standard InChI is InChI=1S/C22H25N3OS2/c1-17-18(15-24-10-13-27-14-11-24)5-2-7-20(17)23-22(26)21-8-3-9-25(21)16-19-6-4-12-28-19/h2-9,12H,10-11,13-16H2,1H3,(H,23,26). The van der Waals surface area contributed by atoms with Gasteiger partial charge in [-0.2, -0.15) is 11.8 Å². The van der Waals surface area contributed by atoms with Gasteiger partial charge in [-0.3, -0.25) is 9.69 Å². The number of aromatic nitrogens is 1. The van der Waals surface area contributed by atoms with E-state index >= 15 is 0 Å². The van der Waals surface area contributed by atoms with Gasteiger partial charge in [0.05, 0.1) is 6.54 Å². The largest absolute Gasteiger partial charge is 0.338 e. The van der Waals surface area contributed by atoms with Crippen molar-refractivity contribution >= 4 is 34.7 Å². The number of carbonyl (C=O) groups excluding carboxylic acids is 1. The molecule has 1 amide bonds. The highest BCUT2D eigenvalue weighted by Crippen LogP contribution is 2.23. The van der Waals surface area contributed by atoms with Crippen molar-refractivity contribution in [2.45, 2.75) is 20.0 Å². The lowest BCUT2D eigenvalue weighted by molar-refractivity contribution is 0.101. The molecule has 0 aliphatic carbocycles. The number of thiophene rings is 1. The fourth-order valence-electron chi connectivity index (χ4n) is 3.51. The molecule has 0 bridgehead atoms. The lowest BCUT2D eigenvalue weighted by Crippen LogP contribution is -2.32. The van der Waals surface area contributed by atoms with Gasteiger partial charge in [0.15, 0.2) is 0 Å². The van der Waals surface area contributed by atoms with Crippen LogP contribution in [-0.4, -0.2) is 40.0 Å². The van der Waals surface area contributed by atoms with Crippen molar-refractivity contribution in [3.05, 3.63) is 75.7 Å². The first-order valence-electron chi connectivity index (χ1n) is 9.58. The quantitative estimate of drug-likeness (QED) is 0.638. The summed E-state index contributed by atoms with van der Waals surface area (Å²) >= 11 is 3.73. The molecule has 4 rings (SSSR count). The Morgan fingerprint density at radius 1 is 1.07 bits per heavy atom. The van der Waals surface area contributed by atoms with E-state index in [1.807, 2.05) is 52.9 Å². The van der Waals surface area contributed by atoms with Crippen LogP contribution < -0.4 is 5.32 Å². The molecule has 6 heteroatoms. The maximum absolute atomic E-state index is 12.9. The first kappa shape index (κ1) is 19.3. The van der Waals surface area contributed by atoms with Crippen LogP contribution >= 0.6 is 23.1 Å².